The van der Waals surface area contributed by atoms with Gasteiger partial charge in [0.2, 0.25) is 0 Å². The summed E-state index contributed by atoms with van der Waals surface area (Å²) in [5.74, 6) is -0.824. The Bertz CT molecular complexity index is 857. The van der Waals surface area contributed by atoms with Crippen LogP contribution >= 0.6 is 0 Å². The molecule has 0 N–H and O–H groups in total. The Hall–Kier alpha value is -3.58. The van der Waals surface area contributed by atoms with Gasteiger partial charge in [0.1, 0.15) is 12.1 Å². The lowest BCUT2D eigenvalue weighted by Gasteiger charge is -2.12. The molecule has 1 aromatic heterocycles. The third-order valence-corrected chi connectivity index (χ3v) is 3.23. The molecule has 0 spiro atoms. The van der Waals surface area contributed by atoms with Crippen molar-refractivity contribution in [2.45, 2.75) is 6.54 Å². The molecule has 0 saturated carbocycles. The Labute approximate surface area is 125 Å². The van der Waals surface area contributed by atoms with Crippen molar-refractivity contribution < 1.29 is 9.59 Å². The van der Waals surface area contributed by atoms with Crippen LogP contribution in [0.25, 0.3) is 0 Å². The highest BCUT2D eigenvalue weighted by Gasteiger charge is 2.35. The first-order valence-corrected chi connectivity index (χ1v) is 6.27. The summed E-state index contributed by atoms with van der Waals surface area (Å²) in [5.41, 5.74) is 0.736. The normalized spacial score (nSPS) is 12.7. The molecular formula is C15H7N5O2. The second-order valence-electron chi connectivity index (χ2n) is 4.52. The first kappa shape index (κ1) is 13.4. The van der Waals surface area contributed by atoms with Crippen LogP contribution in [-0.2, 0) is 6.54 Å². The number of rotatable bonds is 2. The van der Waals surface area contributed by atoms with Crippen LogP contribution in [0.5, 0.6) is 0 Å². The van der Waals surface area contributed by atoms with Gasteiger partial charge < -0.3 is 0 Å². The van der Waals surface area contributed by atoms with Crippen molar-refractivity contribution in [3.63, 3.8) is 0 Å². The number of nitriles is 2. The van der Waals surface area contributed by atoms with E-state index < -0.39 is 11.8 Å². The predicted molar refractivity (Wildman–Crippen MR) is 72.1 cm³/mol. The summed E-state index contributed by atoms with van der Waals surface area (Å²) in [6, 6.07) is 10.1. The highest BCUT2D eigenvalue weighted by atomic mass is 16.2. The van der Waals surface area contributed by atoms with Gasteiger partial charge in [0.05, 0.1) is 29.6 Å². The number of aromatic nitrogens is 2. The lowest BCUT2D eigenvalue weighted by Crippen LogP contribution is -2.29. The third-order valence-electron chi connectivity index (χ3n) is 3.23. The van der Waals surface area contributed by atoms with Crippen molar-refractivity contribution in [1.82, 2.24) is 14.9 Å². The molecule has 7 nitrogen and oxygen atoms in total. The van der Waals surface area contributed by atoms with Gasteiger partial charge in [-0.05, 0) is 12.1 Å². The molecule has 0 fully saturated rings. The van der Waals surface area contributed by atoms with Gasteiger partial charge in [-0.15, -0.1) is 0 Å². The number of imide groups is 1. The zero-order valence-electron chi connectivity index (χ0n) is 11.1. The van der Waals surface area contributed by atoms with Gasteiger partial charge in [-0.25, -0.2) is 9.97 Å². The molecule has 3 rings (SSSR count). The Morgan fingerprint density at radius 2 is 1.59 bits per heavy atom. The van der Waals surface area contributed by atoms with E-state index in [0.717, 1.165) is 4.90 Å². The van der Waals surface area contributed by atoms with E-state index in [0.29, 0.717) is 11.1 Å². The molecule has 0 aliphatic carbocycles. The average Bonchev–Trinajstić information content (AvgIpc) is 2.80. The van der Waals surface area contributed by atoms with Crippen molar-refractivity contribution in [3.05, 3.63) is 58.7 Å². The minimum Gasteiger partial charge on any atom is -0.269 e. The van der Waals surface area contributed by atoms with Crippen molar-refractivity contribution in [2.24, 2.45) is 0 Å². The number of carbonyl (C=O) groups is 2. The smallest absolute Gasteiger partial charge is 0.261 e. The lowest BCUT2D eigenvalue weighted by molar-refractivity contribution is 0.0640. The molecule has 0 atom stereocenters. The van der Waals surface area contributed by atoms with E-state index in [4.69, 9.17) is 10.5 Å². The molecule has 1 aliphatic rings. The van der Waals surface area contributed by atoms with E-state index in [-0.39, 0.29) is 23.6 Å². The molecule has 2 amide bonds. The van der Waals surface area contributed by atoms with Gasteiger partial charge in [0, 0.05) is 0 Å². The number of hydrogen-bond donors (Lipinski definition) is 0. The standard InChI is InChI=1S/C15H7N5O2/c16-5-12-13(6-17)19-9(7-18-12)8-20-14(21)10-3-1-2-4-11(10)15(20)22/h1-4,7H,8H2. The van der Waals surface area contributed by atoms with Gasteiger partial charge in [0.25, 0.3) is 11.8 Å². The fourth-order valence-electron chi connectivity index (χ4n) is 2.21. The van der Waals surface area contributed by atoms with E-state index in [9.17, 15) is 9.59 Å². The molecular weight excluding hydrogens is 282 g/mol. The molecule has 7 heteroatoms. The van der Waals surface area contributed by atoms with Crippen LogP contribution in [-0.4, -0.2) is 26.7 Å². The summed E-state index contributed by atoms with van der Waals surface area (Å²) in [5, 5.41) is 17.7. The Morgan fingerprint density at radius 3 is 2.14 bits per heavy atom. The van der Waals surface area contributed by atoms with Crippen LogP contribution in [0.1, 0.15) is 37.8 Å². The zero-order valence-corrected chi connectivity index (χ0v) is 11.1. The summed E-state index contributed by atoms with van der Waals surface area (Å²) in [6.07, 6.45) is 1.28. The molecule has 0 saturated heterocycles. The number of hydrogen-bond acceptors (Lipinski definition) is 6. The van der Waals surface area contributed by atoms with Crippen LogP contribution in [0.2, 0.25) is 0 Å². The van der Waals surface area contributed by atoms with E-state index >= 15 is 0 Å². The summed E-state index contributed by atoms with van der Waals surface area (Å²) < 4.78 is 0. The number of fused-ring (bicyclic) bond motifs is 1. The average molecular weight is 289 g/mol. The van der Waals surface area contributed by atoms with Crippen molar-refractivity contribution >= 4 is 11.8 Å². The second-order valence-corrected chi connectivity index (χ2v) is 4.52. The van der Waals surface area contributed by atoms with Crippen molar-refractivity contribution in [1.29, 1.82) is 10.5 Å². The van der Waals surface area contributed by atoms with E-state index in [1.807, 2.05) is 0 Å². The molecule has 0 radical (unpaired) electrons. The molecule has 1 aromatic carbocycles. The Morgan fingerprint density at radius 1 is 1.00 bits per heavy atom. The van der Waals surface area contributed by atoms with Gasteiger partial charge in [0.15, 0.2) is 11.4 Å². The molecule has 22 heavy (non-hydrogen) atoms. The zero-order chi connectivity index (χ0) is 15.7. The molecule has 2 heterocycles. The fraction of sp³-hybridized carbons (Fsp3) is 0.0667. The minimum absolute atomic E-state index is 0.0892. The van der Waals surface area contributed by atoms with Gasteiger partial charge in [-0.3, -0.25) is 14.5 Å². The van der Waals surface area contributed by atoms with Crippen LogP contribution < -0.4 is 0 Å². The largest absolute Gasteiger partial charge is 0.269 e. The first-order chi connectivity index (χ1) is 10.7. The number of carbonyl (C=O) groups excluding carboxylic acids is 2. The maximum atomic E-state index is 12.2. The van der Waals surface area contributed by atoms with E-state index in [2.05, 4.69) is 9.97 Å². The third kappa shape index (κ3) is 1.98. The number of benzene rings is 1. The van der Waals surface area contributed by atoms with Crippen molar-refractivity contribution in [3.8, 4) is 12.1 Å². The Kier molecular flexibility index (Phi) is 3.09. The van der Waals surface area contributed by atoms with Gasteiger partial charge >= 0.3 is 0 Å². The predicted octanol–water partition coefficient (Wildman–Crippen LogP) is 1.02. The summed E-state index contributed by atoms with van der Waals surface area (Å²) in [6.45, 7) is -0.0975. The fourth-order valence-corrected chi connectivity index (χ4v) is 2.21. The first-order valence-electron chi connectivity index (χ1n) is 6.27. The minimum atomic E-state index is -0.412. The monoisotopic (exact) mass is 289 g/mol. The summed E-state index contributed by atoms with van der Waals surface area (Å²) >= 11 is 0. The SMILES string of the molecule is N#Cc1ncc(CN2C(=O)c3ccccc3C2=O)nc1C#N. The van der Waals surface area contributed by atoms with Crippen LogP contribution in [0.15, 0.2) is 30.5 Å². The summed E-state index contributed by atoms with van der Waals surface area (Å²) in [4.78, 5) is 33.3. The van der Waals surface area contributed by atoms with Gasteiger partial charge in [-0.1, -0.05) is 12.1 Å². The molecule has 2 aromatic rings. The molecule has 0 bridgehead atoms. The second kappa shape index (κ2) is 5.08. The lowest BCUT2D eigenvalue weighted by atomic mass is 10.1. The van der Waals surface area contributed by atoms with Crippen LogP contribution in [0, 0.1) is 22.7 Å². The highest BCUT2D eigenvalue weighted by molar-refractivity contribution is 6.21. The van der Waals surface area contributed by atoms with Crippen LogP contribution in [0.4, 0.5) is 0 Å². The maximum absolute atomic E-state index is 12.2. The molecule has 104 valence electrons. The number of amides is 2. The maximum Gasteiger partial charge on any atom is 0.261 e. The highest BCUT2D eigenvalue weighted by Crippen LogP contribution is 2.23. The topological polar surface area (TPSA) is 111 Å². The number of nitrogens with zero attached hydrogens (tertiary/aromatic N) is 5. The summed E-state index contributed by atoms with van der Waals surface area (Å²) in [7, 11) is 0. The molecule has 1 aliphatic heterocycles. The Balaban J connectivity index is 1.93. The van der Waals surface area contributed by atoms with Crippen LogP contribution in [0.3, 0.4) is 0 Å². The van der Waals surface area contributed by atoms with E-state index in [1.165, 1.54) is 6.20 Å². The quantitative estimate of drug-likeness (QED) is 0.763. The van der Waals surface area contributed by atoms with Gasteiger partial charge in [-0.2, -0.15) is 10.5 Å². The van der Waals surface area contributed by atoms with E-state index in [1.54, 1.807) is 36.4 Å². The molecule has 0 unspecified atom stereocenters. The van der Waals surface area contributed by atoms with Crippen molar-refractivity contribution in [2.75, 3.05) is 0 Å².